The third-order valence-corrected chi connectivity index (χ3v) is 3.45. The molecule has 20 heavy (non-hydrogen) atoms. The number of hydrogen-bond donors (Lipinski definition) is 1. The van der Waals surface area contributed by atoms with Crippen LogP contribution in [0.1, 0.15) is 27.0 Å². The van der Waals surface area contributed by atoms with E-state index in [1.165, 1.54) is 0 Å². The minimum absolute atomic E-state index is 0.212. The number of nitriles is 1. The van der Waals surface area contributed by atoms with Crippen LogP contribution in [0.2, 0.25) is 0 Å². The van der Waals surface area contributed by atoms with Gasteiger partial charge in [0, 0.05) is 15.7 Å². The molecular weight excluding hydrogens is 316 g/mol. The quantitative estimate of drug-likeness (QED) is 0.898. The Hall–Kier alpha value is -2.12. The van der Waals surface area contributed by atoms with Crippen molar-refractivity contribution in [2.45, 2.75) is 13.8 Å². The number of carbonyl (C=O) groups is 1. The van der Waals surface area contributed by atoms with Crippen molar-refractivity contribution < 1.29 is 4.79 Å². The highest BCUT2D eigenvalue weighted by Gasteiger charge is 2.11. The van der Waals surface area contributed by atoms with Gasteiger partial charge in [-0.3, -0.25) is 4.79 Å². The van der Waals surface area contributed by atoms with E-state index in [4.69, 9.17) is 5.26 Å². The van der Waals surface area contributed by atoms with Crippen LogP contribution < -0.4 is 5.32 Å². The zero-order chi connectivity index (χ0) is 14.7. The molecule has 0 aliphatic heterocycles. The number of hydrogen-bond acceptors (Lipinski definition) is 2. The fraction of sp³-hybridized carbons (Fsp3) is 0.125. The largest absolute Gasteiger partial charge is 0.322 e. The van der Waals surface area contributed by atoms with E-state index in [9.17, 15) is 4.79 Å². The Labute approximate surface area is 126 Å². The summed E-state index contributed by atoms with van der Waals surface area (Å²) in [4.78, 5) is 12.2. The molecule has 3 nitrogen and oxygen atoms in total. The number of benzene rings is 2. The Balaban J connectivity index is 2.31. The monoisotopic (exact) mass is 328 g/mol. The molecular formula is C16H13BrN2O. The Bertz CT molecular complexity index is 694. The average molecular weight is 329 g/mol. The van der Waals surface area contributed by atoms with Crippen LogP contribution >= 0.6 is 15.9 Å². The van der Waals surface area contributed by atoms with Gasteiger partial charge in [0.2, 0.25) is 0 Å². The molecule has 0 aliphatic carbocycles. The summed E-state index contributed by atoms with van der Waals surface area (Å²) in [6.45, 7) is 3.89. The van der Waals surface area contributed by atoms with Crippen LogP contribution in [0.5, 0.6) is 0 Å². The summed E-state index contributed by atoms with van der Waals surface area (Å²) in [7, 11) is 0. The summed E-state index contributed by atoms with van der Waals surface area (Å²) in [5.74, 6) is -0.212. The molecule has 2 aromatic rings. The van der Waals surface area contributed by atoms with Gasteiger partial charge in [-0.2, -0.15) is 5.26 Å². The Morgan fingerprint density at radius 1 is 1.20 bits per heavy atom. The highest BCUT2D eigenvalue weighted by atomic mass is 79.9. The van der Waals surface area contributed by atoms with E-state index in [2.05, 4.69) is 21.2 Å². The van der Waals surface area contributed by atoms with Crippen LogP contribution in [0.15, 0.2) is 40.9 Å². The van der Waals surface area contributed by atoms with Crippen LogP contribution in [0.3, 0.4) is 0 Å². The molecule has 0 heterocycles. The van der Waals surface area contributed by atoms with E-state index in [0.717, 1.165) is 21.3 Å². The number of halogens is 1. The van der Waals surface area contributed by atoms with Gasteiger partial charge in [0.25, 0.3) is 5.91 Å². The first-order chi connectivity index (χ1) is 9.51. The van der Waals surface area contributed by atoms with Crippen molar-refractivity contribution >= 4 is 27.5 Å². The fourth-order valence-corrected chi connectivity index (χ4v) is 2.71. The van der Waals surface area contributed by atoms with Gasteiger partial charge in [-0.15, -0.1) is 0 Å². The Morgan fingerprint density at radius 2 is 1.85 bits per heavy atom. The minimum Gasteiger partial charge on any atom is -0.322 e. The molecule has 0 saturated carbocycles. The second-order valence-electron chi connectivity index (χ2n) is 4.56. The van der Waals surface area contributed by atoms with Gasteiger partial charge in [0.15, 0.2) is 0 Å². The second kappa shape index (κ2) is 5.89. The number of aryl methyl sites for hydroxylation is 2. The van der Waals surface area contributed by atoms with Gasteiger partial charge >= 0.3 is 0 Å². The fourth-order valence-electron chi connectivity index (χ4n) is 2.02. The third kappa shape index (κ3) is 3.06. The SMILES string of the molecule is Cc1cc(Br)cc(C)c1NC(=O)c1cccc(C#N)c1. The van der Waals surface area contributed by atoms with Crippen molar-refractivity contribution in [1.82, 2.24) is 0 Å². The number of carbonyl (C=O) groups excluding carboxylic acids is 1. The number of amides is 1. The predicted molar refractivity (Wildman–Crippen MR) is 82.7 cm³/mol. The lowest BCUT2D eigenvalue weighted by molar-refractivity contribution is 0.102. The van der Waals surface area contributed by atoms with Gasteiger partial charge in [0.1, 0.15) is 0 Å². The van der Waals surface area contributed by atoms with Crippen molar-refractivity contribution in [3.8, 4) is 6.07 Å². The molecule has 0 aromatic heterocycles. The summed E-state index contributed by atoms with van der Waals surface area (Å²) < 4.78 is 0.983. The molecule has 1 amide bonds. The second-order valence-corrected chi connectivity index (χ2v) is 5.48. The lowest BCUT2D eigenvalue weighted by Crippen LogP contribution is -2.14. The highest BCUT2D eigenvalue weighted by Crippen LogP contribution is 2.25. The van der Waals surface area contributed by atoms with Crippen LogP contribution in [0.25, 0.3) is 0 Å². The lowest BCUT2D eigenvalue weighted by Gasteiger charge is -2.12. The summed E-state index contributed by atoms with van der Waals surface area (Å²) in [5.41, 5.74) is 3.73. The number of nitrogens with zero attached hydrogens (tertiary/aromatic N) is 1. The van der Waals surface area contributed by atoms with Crippen LogP contribution in [0, 0.1) is 25.2 Å². The maximum atomic E-state index is 12.2. The van der Waals surface area contributed by atoms with E-state index in [0.29, 0.717) is 11.1 Å². The van der Waals surface area contributed by atoms with Gasteiger partial charge < -0.3 is 5.32 Å². The minimum atomic E-state index is -0.212. The van der Waals surface area contributed by atoms with Crippen LogP contribution in [-0.2, 0) is 0 Å². The van der Waals surface area contributed by atoms with E-state index in [1.807, 2.05) is 32.0 Å². The lowest BCUT2D eigenvalue weighted by atomic mass is 10.1. The molecule has 0 spiro atoms. The zero-order valence-electron chi connectivity index (χ0n) is 11.2. The van der Waals surface area contributed by atoms with Crippen molar-refractivity contribution in [2.75, 3.05) is 5.32 Å². The maximum absolute atomic E-state index is 12.2. The Morgan fingerprint density at radius 3 is 2.45 bits per heavy atom. The first kappa shape index (κ1) is 14.3. The Kier molecular flexibility index (Phi) is 4.21. The smallest absolute Gasteiger partial charge is 0.255 e. The molecule has 100 valence electrons. The van der Waals surface area contributed by atoms with Gasteiger partial charge in [-0.1, -0.05) is 22.0 Å². The van der Waals surface area contributed by atoms with E-state index >= 15 is 0 Å². The van der Waals surface area contributed by atoms with Crippen molar-refractivity contribution in [1.29, 1.82) is 5.26 Å². The summed E-state index contributed by atoms with van der Waals surface area (Å²) in [6, 6.07) is 12.6. The molecule has 0 radical (unpaired) electrons. The van der Waals surface area contributed by atoms with Gasteiger partial charge in [0.05, 0.1) is 11.6 Å². The van der Waals surface area contributed by atoms with E-state index < -0.39 is 0 Å². The molecule has 0 fully saturated rings. The molecule has 2 aromatic carbocycles. The predicted octanol–water partition coefficient (Wildman–Crippen LogP) is 4.19. The molecule has 4 heteroatoms. The standard InChI is InChI=1S/C16H13BrN2O/c1-10-6-14(17)7-11(2)15(10)19-16(20)13-5-3-4-12(8-13)9-18/h3-8H,1-2H3,(H,19,20). The molecule has 0 atom stereocenters. The molecule has 0 bridgehead atoms. The molecule has 0 aliphatic rings. The van der Waals surface area contributed by atoms with Gasteiger partial charge in [-0.25, -0.2) is 0 Å². The first-order valence-corrected chi connectivity index (χ1v) is 6.89. The van der Waals surface area contributed by atoms with Crippen LogP contribution in [-0.4, -0.2) is 5.91 Å². The first-order valence-electron chi connectivity index (χ1n) is 6.09. The average Bonchev–Trinajstić information content (AvgIpc) is 2.42. The summed E-state index contributed by atoms with van der Waals surface area (Å²) in [6.07, 6.45) is 0. The van der Waals surface area contributed by atoms with Crippen molar-refractivity contribution in [3.63, 3.8) is 0 Å². The van der Waals surface area contributed by atoms with E-state index in [1.54, 1.807) is 24.3 Å². The molecule has 2 rings (SSSR count). The number of anilines is 1. The maximum Gasteiger partial charge on any atom is 0.255 e. The number of rotatable bonds is 2. The summed E-state index contributed by atoms with van der Waals surface area (Å²) in [5, 5.41) is 11.8. The zero-order valence-corrected chi connectivity index (χ0v) is 12.8. The third-order valence-electron chi connectivity index (χ3n) is 2.99. The molecule has 1 N–H and O–H groups in total. The van der Waals surface area contributed by atoms with Crippen LogP contribution in [0.4, 0.5) is 5.69 Å². The van der Waals surface area contributed by atoms with Crippen molar-refractivity contribution in [2.24, 2.45) is 0 Å². The highest BCUT2D eigenvalue weighted by molar-refractivity contribution is 9.10. The van der Waals surface area contributed by atoms with Gasteiger partial charge in [-0.05, 0) is 55.3 Å². The topological polar surface area (TPSA) is 52.9 Å². The number of nitrogens with one attached hydrogen (secondary N) is 1. The van der Waals surface area contributed by atoms with Crippen molar-refractivity contribution in [3.05, 3.63) is 63.1 Å². The van der Waals surface area contributed by atoms with E-state index in [-0.39, 0.29) is 5.91 Å². The molecule has 0 saturated heterocycles. The normalized spacial score (nSPS) is 9.90. The summed E-state index contributed by atoms with van der Waals surface area (Å²) >= 11 is 3.43. The molecule has 0 unspecified atom stereocenters.